The van der Waals surface area contributed by atoms with E-state index in [4.69, 9.17) is 10.5 Å². The summed E-state index contributed by atoms with van der Waals surface area (Å²) in [7, 11) is 0. The second-order valence-electron chi connectivity index (χ2n) is 6.39. The molecule has 0 spiro atoms. The van der Waals surface area contributed by atoms with Crippen LogP contribution in [0.5, 0.6) is 0 Å². The standard InChI is InChI=1S/C14H28N2O/c1-13(2)7-3-4-8-14(13,11-15)16-10-12-6-5-9-17-12/h12,16H,3-11,15H2,1-2H3. The van der Waals surface area contributed by atoms with Gasteiger partial charge in [-0.05, 0) is 31.1 Å². The zero-order chi connectivity index (χ0) is 12.4. The van der Waals surface area contributed by atoms with Crippen molar-refractivity contribution in [2.75, 3.05) is 19.7 Å². The SMILES string of the molecule is CC1(C)CCCCC1(CN)NCC1CCCO1. The van der Waals surface area contributed by atoms with E-state index in [2.05, 4.69) is 19.2 Å². The average molecular weight is 240 g/mol. The third-order valence-electron chi connectivity index (χ3n) is 4.99. The lowest BCUT2D eigenvalue weighted by Gasteiger charge is -2.51. The Hall–Kier alpha value is -0.120. The maximum Gasteiger partial charge on any atom is 0.0700 e. The molecule has 17 heavy (non-hydrogen) atoms. The Morgan fingerprint density at radius 2 is 2.00 bits per heavy atom. The molecule has 2 aliphatic rings. The van der Waals surface area contributed by atoms with Gasteiger partial charge < -0.3 is 15.8 Å². The van der Waals surface area contributed by atoms with Gasteiger partial charge in [-0.1, -0.05) is 26.7 Å². The van der Waals surface area contributed by atoms with Gasteiger partial charge in [-0.2, -0.15) is 0 Å². The zero-order valence-electron chi connectivity index (χ0n) is 11.4. The molecule has 2 unspecified atom stereocenters. The van der Waals surface area contributed by atoms with Crippen molar-refractivity contribution in [3.05, 3.63) is 0 Å². The van der Waals surface area contributed by atoms with Crippen molar-refractivity contribution in [1.82, 2.24) is 5.32 Å². The number of nitrogens with one attached hydrogen (secondary N) is 1. The molecule has 0 radical (unpaired) electrons. The quantitative estimate of drug-likeness (QED) is 0.790. The Balaban J connectivity index is 1.96. The van der Waals surface area contributed by atoms with Crippen LogP contribution in [0.3, 0.4) is 0 Å². The molecule has 0 aromatic heterocycles. The van der Waals surface area contributed by atoms with E-state index in [1.807, 2.05) is 0 Å². The van der Waals surface area contributed by atoms with Crippen LogP contribution in [-0.2, 0) is 4.74 Å². The first-order valence-corrected chi connectivity index (χ1v) is 7.16. The van der Waals surface area contributed by atoms with Gasteiger partial charge in [0, 0.05) is 25.2 Å². The highest BCUT2D eigenvalue weighted by atomic mass is 16.5. The Morgan fingerprint density at radius 3 is 2.59 bits per heavy atom. The Morgan fingerprint density at radius 1 is 1.24 bits per heavy atom. The van der Waals surface area contributed by atoms with Gasteiger partial charge in [0.2, 0.25) is 0 Å². The Bertz CT molecular complexity index is 249. The molecule has 1 aliphatic heterocycles. The topological polar surface area (TPSA) is 47.3 Å². The average Bonchev–Trinajstić information content (AvgIpc) is 2.81. The van der Waals surface area contributed by atoms with Crippen LogP contribution in [0, 0.1) is 5.41 Å². The number of ether oxygens (including phenoxy) is 1. The van der Waals surface area contributed by atoms with Crippen LogP contribution in [0.4, 0.5) is 0 Å². The molecule has 1 aliphatic carbocycles. The third-order valence-corrected chi connectivity index (χ3v) is 4.99. The molecule has 1 saturated carbocycles. The molecule has 2 fully saturated rings. The van der Waals surface area contributed by atoms with E-state index in [1.54, 1.807) is 0 Å². The van der Waals surface area contributed by atoms with Gasteiger partial charge in [0.15, 0.2) is 0 Å². The van der Waals surface area contributed by atoms with Crippen molar-refractivity contribution in [2.45, 2.75) is 64.0 Å². The normalized spacial score (nSPS) is 37.2. The van der Waals surface area contributed by atoms with Gasteiger partial charge in [-0.3, -0.25) is 0 Å². The largest absolute Gasteiger partial charge is 0.377 e. The minimum atomic E-state index is 0.122. The molecule has 3 N–H and O–H groups in total. The van der Waals surface area contributed by atoms with E-state index in [0.29, 0.717) is 11.5 Å². The molecular weight excluding hydrogens is 212 g/mol. The van der Waals surface area contributed by atoms with E-state index >= 15 is 0 Å². The smallest absolute Gasteiger partial charge is 0.0700 e. The van der Waals surface area contributed by atoms with Crippen molar-refractivity contribution in [3.63, 3.8) is 0 Å². The summed E-state index contributed by atoms with van der Waals surface area (Å²) < 4.78 is 5.70. The third kappa shape index (κ3) is 2.67. The molecule has 100 valence electrons. The Kier molecular flexibility index (Phi) is 4.11. The van der Waals surface area contributed by atoms with Crippen LogP contribution in [0.25, 0.3) is 0 Å². The highest BCUT2D eigenvalue weighted by Crippen LogP contribution is 2.43. The molecule has 2 rings (SSSR count). The molecule has 1 heterocycles. The summed E-state index contributed by atoms with van der Waals surface area (Å²) in [5, 5.41) is 3.77. The lowest BCUT2D eigenvalue weighted by molar-refractivity contribution is 0.0438. The zero-order valence-corrected chi connectivity index (χ0v) is 11.4. The van der Waals surface area contributed by atoms with Crippen molar-refractivity contribution >= 4 is 0 Å². The molecule has 0 aromatic carbocycles. The number of rotatable bonds is 4. The summed E-state index contributed by atoms with van der Waals surface area (Å²) in [6.45, 7) is 7.38. The van der Waals surface area contributed by atoms with Crippen molar-refractivity contribution in [1.29, 1.82) is 0 Å². The lowest BCUT2D eigenvalue weighted by atomic mass is 9.63. The maximum absolute atomic E-state index is 6.10. The Labute approximate surface area is 105 Å². The molecule has 0 amide bonds. The van der Waals surface area contributed by atoms with Crippen LogP contribution in [-0.4, -0.2) is 31.3 Å². The maximum atomic E-state index is 6.10. The number of nitrogens with two attached hydrogens (primary N) is 1. The fourth-order valence-electron chi connectivity index (χ4n) is 3.46. The fraction of sp³-hybridized carbons (Fsp3) is 1.00. The minimum absolute atomic E-state index is 0.122. The second kappa shape index (κ2) is 5.25. The van der Waals surface area contributed by atoms with Gasteiger partial charge in [-0.25, -0.2) is 0 Å². The lowest BCUT2D eigenvalue weighted by Crippen LogP contribution is -2.63. The first-order chi connectivity index (χ1) is 8.10. The van der Waals surface area contributed by atoms with Crippen LogP contribution < -0.4 is 11.1 Å². The van der Waals surface area contributed by atoms with Crippen molar-refractivity contribution in [3.8, 4) is 0 Å². The van der Waals surface area contributed by atoms with E-state index in [0.717, 1.165) is 19.7 Å². The highest BCUT2D eigenvalue weighted by Gasteiger charge is 2.45. The first-order valence-electron chi connectivity index (χ1n) is 7.16. The predicted octanol–water partition coefficient (Wildman–Crippen LogP) is 2.05. The summed E-state index contributed by atoms with van der Waals surface area (Å²) in [4.78, 5) is 0. The molecule has 1 saturated heterocycles. The van der Waals surface area contributed by atoms with E-state index < -0.39 is 0 Å². The van der Waals surface area contributed by atoms with E-state index in [9.17, 15) is 0 Å². The first kappa shape index (κ1) is 13.3. The summed E-state index contributed by atoms with van der Waals surface area (Å²) in [6, 6.07) is 0. The van der Waals surface area contributed by atoms with Gasteiger partial charge in [-0.15, -0.1) is 0 Å². The summed E-state index contributed by atoms with van der Waals surface area (Å²) in [6.07, 6.45) is 7.97. The van der Waals surface area contributed by atoms with Gasteiger partial charge in [0.1, 0.15) is 0 Å². The van der Waals surface area contributed by atoms with Crippen molar-refractivity contribution in [2.24, 2.45) is 11.1 Å². The van der Waals surface area contributed by atoms with E-state index in [-0.39, 0.29) is 5.54 Å². The monoisotopic (exact) mass is 240 g/mol. The second-order valence-corrected chi connectivity index (χ2v) is 6.39. The highest BCUT2D eigenvalue weighted by molar-refractivity contribution is 5.03. The van der Waals surface area contributed by atoms with Crippen LogP contribution >= 0.6 is 0 Å². The molecule has 0 bridgehead atoms. The minimum Gasteiger partial charge on any atom is -0.377 e. The summed E-state index contributed by atoms with van der Waals surface area (Å²) in [5.74, 6) is 0. The van der Waals surface area contributed by atoms with Crippen LogP contribution in [0.1, 0.15) is 52.4 Å². The molecule has 0 aromatic rings. The van der Waals surface area contributed by atoms with Crippen molar-refractivity contribution < 1.29 is 4.74 Å². The van der Waals surface area contributed by atoms with Gasteiger partial charge in [0.25, 0.3) is 0 Å². The molecule has 2 atom stereocenters. The predicted molar refractivity (Wildman–Crippen MR) is 71.0 cm³/mol. The fourth-order valence-corrected chi connectivity index (χ4v) is 3.46. The number of hydrogen-bond acceptors (Lipinski definition) is 3. The summed E-state index contributed by atoms with van der Waals surface area (Å²) in [5.41, 5.74) is 6.52. The van der Waals surface area contributed by atoms with Crippen LogP contribution in [0.2, 0.25) is 0 Å². The van der Waals surface area contributed by atoms with E-state index in [1.165, 1.54) is 38.5 Å². The van der Waals surface area contributed by atoms with Crippen LogP contribution in [0.15, 0.2) is 0 Å². The van der Waals surface area contributed by atoms with Gasteiger partial charge >= 0.3 is 0 Å². The molecule has 3 heteroatoms. The number of hydrogen-bond donors (Lipinski definition) is 2. The summed E-state index contributed by atoms with van der Waals surface area (Å²) >= 11 is 0. The van der Waals surface area contributed by atoms with Gasteiger partial charge in [0.05, 0.1) is 6.10 Å². The molecule has 3 nitrogen and oxygen atoms in total. The molecular formula is C14H28N2O.